The van der Waals surface area contributed by atoms with Gasteiger partial charge in [-0.25, -0.2) is 0 Å². The number of allylic oxidation sites excluding steroid dienone is 1. The van der Waals surface area contributed by atoms with Gasteiger partial charge < -0.3 is 19.0 Å². The number of fused-ring (bicyclic) bond motifs is 1. The van der Waals surface area contributed by atoms with Crippen LogP contribution in [0.15, 0.2) is 53.2 Å². The molecule has 0 N–H and O–H groups in total. The van der Waals surface area contributed by atoms with E-state index < -0.39 is 0 Å². The molecular formula is C27H32N2O3. The second-order valence-corrected chi connectivity index (χ2v) is 8.38. The predicted molar refractivity (Wildman–Crippen MR) is 130 cm³/mol. The number of likely N-dealkylation sites (N-methyl/N-ethyl adjacent to an activating group) is 1. The van der Waals surface area contributed by atoms with E-state index in [1.165, 1.54) is 5.56 Å². The van der Waals surface area contributed by atoms with E-state index >= 15 is 0 Å². The number of amides is 1. The molecule has 0 unspecified atom stereocenters. The molecule has 0 spiro atoms. The highest BCUT2D eigenvalue weighted by molar-refractivity contribution is 6.00. The lowest BCUT2D eigenvalue weighted by Gasteiger charge is -2.33. The second kappa shape index (κ2) is 9.61. The Morgan fingerprint density at radius 2 is 1.81 bits per heavy atom. The number of furan rings is 1. The number of ether oxygens (including phenoxy) is 1. The summed E-state index contributed by atoms with van der Waals surface area (Å²) in [5.74, 6) is 0.800. The molecule has 0 radical (unpaired) electrons. The standard InChI is InChI=1S/C27H32N2O3/c1-5-28-11-13-29(14-12-28)27(30)15-20(4)22-16-23-24(21-9-7-19(3)8-10-21)18-32-26(23)17-25(22)31-6-2/h7-10,15-18H,5-6,11-14H2,1-4H3/b20-15+. The summed E-state index contributed by atoms with van der Waals surface area (Å²) in [4.78, 5) is 17.3. The van der Waals surface area contributed by atoms with Crippen molar-refractivity contribution in [1.29, 1.82) is 0 Å². The Bertz CT molecular complexity index is 1120. The molecule has 1 aliphatic heterocycles. The molecule has 3 aromatic rings. The van der Waals surface area contributed by atoms with Crippen LogP contribution in [0.25, 0.3) is 27.7 Å². The number of aryl methyl sites for hydroxylation is 1. The summed E-state index contributed by atoms with van der Waals surface area (Å²) in [6.45, 7) is 13.2. The minimum atomic E-state index is 0.0618. The van der Waals surface area contributed by atoms with Crippen molar-refractivity contribution in [3.63, 3.8) is 0 Å². The summed E-state index contributed by atoms with van der Waals surface area (Å²) in [5.41, 5.74) is 5.97. The quantitative estimate of drug-likeness (QED) is 0.491. The Labute approximate surface area is 190 Å². The van der Waals surface area contributed by atoms with Crippen molar-refractivity contribution in [2.24, 2.45) is 0 Å². The molecule has 4 rings (SSSR count). The molecule has 1 saturated heterocycles. The number of rotatable bonds is 6. The molecule has 32 heavy (non-hydrogen) atoms. The molecule has 2 heterocycles. The van der Waals surface area contributed by atoms with Crippen LogP contribution in [0, 0.1) is 6.92 Å². The highest BCUT2D eigenvalue weighted by Crippen LogP contribution is 2.37. The van der Waals surface area contributed by atoms with E-state index in [0.717, 1.165) is 71.7 Å². The molecule has 1 fully saturated rings. The van der Waals surface area contributed by atoms with Crippen molar-refractivity contribution in [3.05, 3.63) is 59.9 Å². The molecule has 0 saturated carbocycles. The van der Waals surface area contributed by atoms with Gasteiger partial charge in [-0.05, 0) is 44.5 Å². The monoisotopic (exact) mass is 432 g/mol. The fraction of sp³-hybridized carbons (Fsp3) is 0.370. The first-order valence-electron chi connectivity index (χ1n) is 11.4. The Hall–Kier alpha value is -3.05. The van der Waals surface area contributed by atoms with Gasteiger partial charge in [-0.15, -0.1) is 0 Å². The SMILES string of the molecule is CCOc1cc2occ(-c3ccc(C)cc3)c2cc1/C(C)=C/C(=O)N1CCN(CC)CC1. The van der Waals surface area contributed by atoms with Gasteiger partial charge in [0.1, 0.15) is 11.3 Å². The van der Waals surface area contributed by atoms with Gasteiger partial charge in [0.25, 0.3) is 0 Å². The fourth-order valence-electron chi connectivity index (χ4n) is 4.23. The number of nitrogens with zero attached hydrogens (tertiary/aromatic N) is 2. The van der Waals surface area contributed by atoms with Crippen molar-refractivity contribution in [1.82, 2.24) is 9.80 Å². The normalized spacial score (nSPS) is 15.4. The molecular weight excluding hydrogens is 400 g/mol. The first kappa shape index (κ1) is 22.2. The van der Waals surface area contributed by atoms with Gasteiger partial charge in [0, 0.05) is 54.8 Å². The van der Waals surface area contributed by atoms with Gasteiger partial charge in [0.15, 0.2) is 0 Å². The number of piperazine rings is 1. The second-order valence-electron chi connectivity index (χ2n) is 8.38. The van der Waals surface area contributed by atoms with E-state index in [2.05, 4.69) is 49.1 Å². The first-order valence-corrected chi connectivity index (χ1v) is 11.4. The van der Waals surface area contributed by atoms with Crippen LogP contribution in [0.1, 0.15) is 31.9 Å². The third kappa shape index (κ3) is 4.58. The lowest BCUT2D eigenvalue weighted by atomic mass is 9.98. The summed E-state index contributed by atoms with van der Waals surface area (Å²) < 4.78 is 11.8. The molecule has 5 heteroatoms. The minimum absolute atomic E-state index is 0.0618. The highest BCUT2D eigenvalue weighted by atomic mass is 16.5. The Balaban J connectivity index is 1.68. The zero-order valence-electron chi connectivity index (χ0n) is 19.5. The van der Waals surface area contributed by atoms with Crippen molar-refractivity contribution in [2.45, 2.75) is 27.7 Å². The minimum Gasteiger partial charge on any atom is -0.493 e. The number of benzene rings is 2. The third-order valence-electron chi connectivity index (χ3n) is 6.23. The fourth-order valence-corrected chi connectivity index (χ4v) is 4.23. The molecule has 1 amide bonds. The maximum Gasteiger partial charge on any atom is 0.246 e. The van der Waals surface area contributed by atoms with Crippen LogP contribution in [-0.2, 0) is 4.79 Å². The third-order valence-corrected chi connectivity index (χ3v) is 6.23. The molecule has 0 aliphatic carbocycles. The van der Waals surface area contributed by atoms with E-state index in [1.807, 2.05) is 24.8 Å². The summed E-state index contributed by atoms with van der Waals surface area (Å²) in [6.07, 6.45) is 3.54. The van der Waals surface area contributed by atoms with Crippen molar-refractivity contribution < 1.29 is 13.9 Å². The lowest BCUT2D eigenvalue weighted by Crippen LogP contribution is -2.48. The van der Waals surface area contributed by atoms with Gasteiger partial charge in [-0.2, -0.15) is 0 Å². The molecule has 0 bridgehead atoms. The van der Waals surface area contributed by atoms with Gasteiger partial charge in [0.2, 0.25) is 5.91 Å². The predicted octanol–water partition coefficient (Wildman–Crippen LogP) is 5.37. The van der Waals surface area contributed by atoms with Crippen LogP contribution in [0.3, 0.4) is 0 Å². The maximum absolute atomic E-state index is 13.0. The van der Waals surface area contributed by atoms with Crippen LogP contribution in [0.4, 0.5) is 0 Å². The Morgan fingerprint density at radius 1 is 1.09 bits per heavy atom. The van der Waals surface area contributed by atoms with Crippen molar-refractivity contribution >= 4 is 22.4 Å². The summed E-state index contributed by atoms with van der Waals surface area (Å²) >= 11 is 0. The smallest absolute Gasteiger partial charge is 0.246 e. The zero-order chi connectivity index (χ0) is 22.7. The summed E-state index contributed by atoms with van der Waals surface area (Å²) in [5, 5.41) is 1.02. The first-order chi connectivity index (χ1) is 15.5. The van der Waals surface area contributed by atoms with E-state index in [0.29, 0.717) is 6.61 Å². The van der Waals surface area contributed by atoms with Crippen molar-refractivity contribution in [3.8, 4) is 16.9 Å². The summed E-state index contributed by atoms with van der Waals surface area (Å²) in [7, 11) is 0. The number of hydrogen-bond acceptors (Lipinski definition) is 4. The molecule has 168 valence electrons. The number of hydrogen-bond donors (Lipinski definition) is 0. The lowest BCUT2D eigenvalue weighted by molar-refractivity contribution is -0.127. The van der Waals surface area contributed by atoms with Crippen molar-refractivity contribution in [2.75, 3.05) is 39.3 Å². The zero-order valence-corrected chi connectivity index (χ0v) is 19.5. The molecule has 0 atom stereocenters. The number of carbonyl (C=O) groups is 1. The Morgan fingerprint density at radius 3 is 2.47 bits per heavy atom. The Kier molecular flexibility index (Phi) is 6.66. The van der Waals surface area contributed by atoms with Crippen LogP contribution in [0.5, 0.6) is 5.75 Å². The largest absolute Gasteiger partial charge is 0.493 e. The average Bonchev–Trinajstić information content (AvgIpc) is 3.22. The average molecular weight is 433 g/mol. The molecule has 5 nitrogen and oxygen atoms in total. The molecule has 1 aliphatic rings. The summed E-state index contributed by atoms with van der Waals surface area (Å²) in [6, 6.07) is 12.5. The maximum atomic E-state index is 13.0. The molecule has 1 aromatic heterocycles. The van der Waals surface area contributed by atoms with Crippen LogP contribution in [0.2, 0.25) is 0 Å². The van der Waals surface area contributed by atoms with Gasteiger partial charge in [0.05, 0.1) is 12.9 Å². The number of carbonyl (C=O) groups excluding carboxylic acids is 1. The topological polar surface area (TPSA) is 45.9 Å². The van der Waals surface area contributed by atoms with E-state index in [1.54, 1.807) is 12.3 Å². The molecule has 2 aromatic carbocycles. The van der Waals surface area contributed by atoms with Crippen LogP contribution in [-0.4, -0.2) is 55.0 Å². The van der Waals surface area contributed by atoms with Crippen LogP contribution < -0.4 is 4.74 Å². The van der Waals surface area contributed by atoms with E-state index in [4.69, 9.17) is 9.15 Å². The van der Waals surface area contributed by atoms with Gasteiger partial charge >= 0.3 is 0 Å². The van der Waals surface area contributed by atoms with E-state index in [9.17, 15) is 4.79 Å². The van der Waals surface area contributed by atoms with Gasteiger partial charge in [-0.3, -0.25) is 4.79 Å². The van der Waals surface area contributed by atoms with E-state index in [-0.39, 0.29) is 5.91 Å². The highest BCUT2D eigenvalue weighted by Gasteiger charge is 2.20. The van der Waals surface area contributed by atoms with Gasteiger partial charge in [-0.1, -0.05) is 36.8 Å². The van der Waals surface area contributed by atoms with Crippen LogP contribution >= 0.6 is 0 Å².